The van der Waals surface area contributed by atoms with Gasteiger partial charge in [-0.05, 0) is 36.6 Å². The Morgan fingerprint density at radius 2 is 1.70 bits per heavy atom. The van der Waals surface area contributed by atoms with Crippen molar-refractivity contribution >= 4 is 41.4 Å². The second-order valence-corrected chi connectivity index (χ2v) is 7.84. The molecule has 1 N–H and O–H groups in total. The molecule has 0 radical (unpaired) electrons. The maximum Gasteiger partial charge on any atom is 0.164 e. The van der Waals surface area contributed by atoms with E-state index in [9.17, 15) is 9.90 Å². The summed E-state index contributed by atoms with van der Waals surface area (Å²) in [7, 11) is 0. The Hall–Kier alpha value is -1.10. The normalized spacial score (nSPS) is 16.6. The molecule has 2 aromatic rings. The number of benzene rings is 2. The highest BCUT2D eigenvalue weighted by atomic mass is 35.5. The van der Waals surface area contributed by atoms with Gasteiger partial charge >= 0.3 is 0 Å². The fourth-order valence-corrected chi connectivity index (χ4v) is 3.72. The lowest BCUT2D eigenvalue weighted by molar-refractivity contribution is -0.0203. The zero-order chi connectivity index (χ0) is 18.6. The van der Waals surface area contributed by atoms with E-state index >= 15 is 0 Å². The highest BCUT2D eigenvalue weighted by Gasteiger charge is 2.32. The number of ketones is 1. The molecule has 1 fully saturated rings. The maximum atomic E-state index is 12.3. The van der Waals surface area contributed by atoms with Crippen LogP contribution in [0.4, 0.5) is 0 Å². The van der Waals surface area contributed by atoms with Crippen LogP contribution in [0.25, 0.3) is 0 Å². The predicted octanol–water partition coefficient (Wildman–Crippen LogP) is 5.06. The number of carbonyl (C=O) groups excluding carboxylic acids is 1. The van der Waals surface area contributed by atoms with Gasteiger partial charge < -0.3 is 10.0 Å². The SMILES string of the molecule is Cl.O=C(CCN1CCC(O)(Cc2ccccc2)CC1)c1ccc(Cl)c(Cl)c1. The van der Waals surface area contributed by atoms with Crippen LogP contribution in [-0.4, -0.2) is 41.0 Å². The van der Waals surface area contributed by atoms with E-state index < -0.39 is 5.60 Å². The van der Waals surface area contributed by atoms with Gasteiger partial charge in [0.15, 0.2) is 5.78 Å². The first-order valence-corrected chi connectivity index (χ1v) is 9.68. The number of aliphatic hydroxyl groups is 1. The van der Waals surface area contributed by atoms with Crippen molar-refractivity contribution in [1.29, 1.82) is 0 Å². The Balaban J connectivity index is 0.00000261. The molecule has 0 aromatic heterocycles. The third kappa shape index (κ3) is 6.20. The molecular formula is C21H24Cl3NO2. The van der Waals surface area contributed by atoms with Gasteiger partial charge in [0.25, 0.3) is 0 Å². The van der Waals surface area contributed by atoms with E-state index in [1.807, 2.05) is 18.2 Å². The average molecular weight is 429 g/mol. The third-order valence-corrected chi connectivity index (χ3v) is 5.80. The molecule has 146 valence electrons. The summed E-state index contributed by atoms with van der Waals surface area (Å²) in [5, 5.41) is 11.7. The van der Waals surface area contributed by atoms with Gasteiger partial charge in [-0.15, -0.1) is 12.4 Å². The highest BCUT2D eigenvalue weighted by molar-refractivity contribution is 6.42. The van der Waals surface area contributed by atoms with Gasteiger partial charge in [0.05, 0.1) is 15.6 Å². The maximum absolute atomic E-state index is 12.3. The highest BCUT2D eigenvalue weighted by Crippen LogP contribution is 2.27. The molecule has 1 aliphatic heterocycles. The Morgan fingerprint density at radius 3 is 2.33 bits per heavy atom. The molecule has 0 saturated carbocycles. The average Bonchev–Trinajstić information content (AvgIpc) is 2.64. The molecular weight excluding hydrogens is 405 g/mol. The molecule has 27 heavy (non-hydrogen) atoms. The summed E-state index contributed by atoms with van der Waals surface area (Å²) in [5.41, 5.74) is 1.11. The Labute approximate surface area is 176 Å². The summed E-state index contributed by atoms with van der Waals surface area (Å²) in [6, 6.07) is 15.1. The van der Waals surface area contributed by atoms with Crippen molar-refractivity contribution in [3.63, 3.8) is 0 Å². The number of nitrogens with zero attached hydrogens (tertiary/aromatic N) is 1. The van der Waals surface area contributed by atoms with Crippen LogP contribution < -0.4 is 0 Å². The summed E-state index contributed by atoms with van der Waals surface area (Å²) in [6.07, 6.45) is 2.57. The van der Waals surface area contributed by atoms with E-state index in [0.717, 1.165) is 25.9 Å². The lowest BCUT2D eigenvalue weighted by atomic mass is 9.85. The molecule has 2 aromatic carbocycles. The Bertz CT molecular complexity index is 759. The molecule has 0 unspecified atom stereocenters. The minimum Gasteiger partial charge on any atom is -0.389 e. The van der Waals surface area contributed by atoms with Crippen molar-refractivity contribution in [2.45, 2.75) is 31.3 Å². The van der Waals surface area contributed by atoms with Gasteiger partial charge in [-0.2, -0.15) is 0 Å². The van der Waals surface area contributed by atoms with Gasteiger partial charge in [-0.25, -0.2) is 0 Å². The van der Waals surface area contributed by atoms with Gasteiger partial charge in [0, 0.05) is 38.0 Å². The second kappa shape index (κ2) is 9.90. The fourth-order valence-electron chi connectivity index (χ4n) is 3.42. The van der Waals surface area contributed by atoms with Crippen LogP contribution in [0.15, 0.2) is 48.5 Å². The molecule has 0 bridgehead atoms. The number of rotatable bonds is 6. The first-order chi connectivity index (χ1) is 12.5. The van der Waals surface area contributed by atoms with Crippen molar-refractivity contribution in [1.82, 2.24) is 4.90 Å². The zero-order valence-corrected chi connectivity index (χ0v) is 17.4. The number of halogens is 3. The second-order valence-electron chi connectivity index (χ2n) is 7.03. The van der Waals surface area contributed by atoms with Gasteiger partial charge in [0.2, 0.25) is 0 Å². The summed E-state index contributed by atoms with van der Waals surface area (Å²) in [5.74, 6) is 0.0636. The van der Waals surface area contributed by atoms with Crippen LogP contribution in [-0.2, 0) is 6.42 Å². The monoisotopic (exact) mass is 427 g/mol. The summed E-state index contributed by atoms with van der Waals surface area (Å²) >= 11 is 11.9. The van der Waals surface area contributed by atoms with E-state index in [0.29, 0.717) is 35.0 Å². The molecule has 1 aliphatic rings. The van der Waals surface area contributed by atoms with Crippen LogP contribution >= 0.6 is 35.6 Å². The third-order valence-electron chi connectivity index (χ3n) is 5.06. The van der Waals surface area contributed by atoms with E-state index in [4.69, 9.17) is 23.2 Å². The van der Waals surface area contributed by atoms with Gasteiger partial charge in [-0.1, -0.05) is 53.5 Å². The largest absolute Gasteiger partial charge is 0.389 e. The summed E-state index contributed by atoms with van der Waals surface area (Å²) in [6.45, 7) is 2.30. The first-order valence-electron chi connectivity index (χ1n) is 8.92. The molecule has 6 heteroatoms. The molecule has 0 amide bonds. The standard InChI is InChI=1S/C21H23Cl2NO2.ClH/c22-18-7-6-17(14-19(18)23)20(25)8-11-24-12-9-21(26,10-13-24)15-16-4-2-1-3-5-16;/h1-7,14,26H,8-13,15H2;1H. The van der Waals surface area contributed by atoms with E-state index in [-0.39, 0.29) is 18.2 Å². The molecule has 1 heterocycles. The fraction of sp³-hybridized carbons (Fsp3) is 0.381. The van der Waals surface area contributed by atoms with Gasteiger partial charge in [-0.3, -0.25) is 4.79 Å². The van der Waals surface area contributed by atoms with Crippen molar-refractivity contribution < 1.29 is 9.90 Å². The van der Waals surface area contributed by atoms with Crippen molar-refractivity contribution in [2.24, 2.45) is 0 Å². The quantitative estimate of drug-likeness (QED) is 0.654. The van der Waals surface area contributed by atoms with Crippen molar-refractivity contribution in [3.05, 3.63) is 69.7 Å². The predicted molar refractivity (Wildman–Crippen MR) is 113 cm³/mol. The Kier molecular flexibility index (Phi) is 8.14. The number of likely N-dealkylation sites (tertiary alicyclic amines) is 1. The van der Waals surface area contributed by atoms with E-state index in [1.165, 1.54) is 5.56 Å². The minimum absolute atomic E-state index is 0. The number of hydrogen-bond donors (Lipinski definition) is 1. The molecule has 1 saturated heterocycles. The molecule has 0 atom stereocenters. The Morgan fingerprint density at radius 1 is 1.04 bits per heavy atom. The first kappa shape index (κ1) is 22.2. The lowest BCUT2D eigenvalue weighted by Crippen LogP contribution is -2.46. The number of piperidine rings is 1. The van der Waals surface area contributed by atoms with Crippen molar-refractivity contribution in [3.8, 4) is 0 Å². The minimum atomic E-state index is -0.647. The molecule has 0 aliphatic carbocycles. The van der Waals surface area contributed by atoms with Crippen LogP contribution in [0.2, 0.25) is 10.0 Å². The van der Waals surface area contributed by atoms with Crippen LogP contribution in [0.1, 0.15) is 35.2 Å². The van der Waals surface area contributed by atoms with Gasteiger partial charge in [0.1, 0.15) is 0 Å². The molecule has 3 nitrogen and oxygen atoms in total. The number of Topliss-reactive ketones (excluding diaryl/α,β-unsaturated/α-hetero) is 1. The van der Waals surface area contributed by atoms with Crippen LogP contribution in [0, 0.1) is 0 Å². The topological polar surface area (TPSA) is 40.5 Å². The van der Waals surface area contributed by atoms with Crippen LogP contribution in [0.5, 0.6) is 0 Å². The van der Waals surface area contributed by atoms with E-state index in [1.54, 1.807) is 18.2 Å². The van der Waals surface area contributed by atoms with E-state index in [2.05, 4.69) is 17.0 Å². The molecule has 0 spiro atoms. The molecule has 3 rings (SSSR count). The number of hydrogen-bond acceptors (Lipinski definition) is 3. The smallest absolute Gasteiger partial charge is 0.164 e. The summed E-state index contributed by atoms with van der Waals surface area (Å²) in [4.78, 5) is 14.6. The lowest BCUT2D eigenvalue weighted by Gasteiger charge is -2.38. The summed E-state index contributed by atoms with van der Waals surface area (Å²) < 4.78 is 0. The number of carbonyl (C=O) groups is 1. The zero-order valence-electron chi connectivity index (χ0n) is 15.0. The van der Waals surface area contributed by atoms with Crippen LogP contribution in [0.3, 0.4) is 0 Å². The van der Waals surface area contributed by atoms with Crippen molar-refractivity contribution in [2.75, 3.05) is 19.6 Å².